The van der Waals surface area contributed by atoms with Crippen molar-refractivity contribution in [1.29, 1.82) is 0 Å². The monoisotopic (exact) mass is 499 g/mol. The maximum Gasteiger partial charge on any atom is 0.308 e. The highest BCUT2D eigenvalue weighted by molar-refractivity contribution is 8.00. The smallest absolute Gasteiger partial charge is 0.308 e. The Bertz CT molecular complexity index is 1280. The van der Waals surface area contributed by atoms with Crippen LogP contribution in [0.1, 0.15) is 29.2 Å². The van der Waals surface area contributed by atoms with Crippen LogP contribution in [-0.2, 0) is 14.8 Å². The predicted octanol–water partition coefficient (Wildman–Crippen LogP) is 5.44. The number of halogens is 1. The number of hydrogen-bond acceptors (Lipinski definition) is 4. The number of aliphatic carboxylic acids is 1. The summed E-state index contributed by atoms with van der Waals surface area (Å²) in [5.74, 6) is -2.53. The number of sulfonamides is 1. The molecule has 1 fully saturated rings. The summed E-state index contributed by atoms with van der Waals surface area (Å²) >= 11 is 1.40. The molecule has 0 spiro atoms. The van der Waals surface area contributed by atoms with Crippen molar-refractivity contribution in [3.8, 4) is 0 Å². The molecule has 5 nitrogen and oxygen atoms in total. The summed E-state index contributed by atoms with van der Waals surface area (Å²) in [5.41, 5.74) is 2.24. The highest BCUT2D eigenvalue weighted by Crippen LogP contribution is 2.44. The first-order valence-electron chi connectivity index (χ1n) is 11.0. The van der Waals surface area contributed by atoms with E-state index in [1.54, 1.807) is 30.3 Å². The van der Waals surface area contributed by atoms with Crippen molar-refractivity contribution < 1.29 is 22.7 Å². The average Bonchev–Trinajstić information content (AvgIpc) is 2.80. The Morgan fingerprint density at radius 2 is 1.56 bits per heavy atom. The van der Waals surface area contributed by atoms with Crippen LogP contribution in [0.25, 0.3) is 0 Å². The molecule has 3 atom stereocenters. The molecule has 1 heterocycles. The molecule has 178 valence electrons. The van der Waals surface area contributed by atoms with E-state index in [2.05, 4.69) is 0 Å². The number of piperidine rings is 1. The van der Waals surface area contributed by atoms with E-state index >= 15 is 0 Å². The maximum absolute atomic E-state index is 14.9. The summed E-state index contributed by atoms with van der Waals surface area (Å²) in [6, 6.07) is 19.4. The van der Waals surface area contributed by atoms with Crippen molar-refractivity contribution in [3.63, 3.8) is 0 Å². The zero-order valence-corrected chi connectivity index (χ0v) is 20.5. The maximum atomic E-state index is 14.9. The minimum absolute atomic E-state index is 0.0632. The van der Waals surface area contributed by atoms with Gasteiger partial charge in [0.1, 0.15) is 5.82 Å². The molecule has 1 aliphatic heterocycles. The minimum Gasteiger partial charge on any atom is -0.481 e. The number of benzene rings is 3. The third kappa shape index (κ3) is 5.04. The molecule has 3 aromatic rings. The first kappa shape index (κ1) is 24.4. The van der Waals surface area contributed by atoms with Crippen LogP contribution >= 0.6 is 11.8 Å². The molecule has 4 rings (SSSR count). The van der Waals surface area contributed by atoms with Crippen LogP contribution in [-0.4, -0.2) is 35.6 Å². The van der Waals surface area contributed by atoms with Gasteiger partial charge in [0.15, 0.2) is 0 Å². The van der Waals surface area contributed by atoms with Crippen molar-refractivity contribution in [2.24, 2.45) is 5.92 Å². The number of hydrogen-bond donors (Lipinski definition) is 1. The predicted molar refractivity (Wildman–Crippen MR) is 131 cm³/mol. The Hall–Kier alpha value is -2.68. The van der Waals surface area contributed by atoms with Crippen molar-refractivity contribution in [1.82, 2.24) is 4.31 Å². The van der Waals surface area contributed by atoms with Crippen LogP contribution in [0.3, 0.4) is 0 Å². The van der Waals surface area contributed by atoms with Gasteiger partial charge in [0.05, 0.1) is 16.9 Å². The van der Waals surface area contributed by atoms with Crippen LogP contribution in [0.4, 0.5) is 4.39 Å². The van der Waals surface area contributed by atoms with Gasteiger partial charge in [0.2, 0.25) is 10.0 Å². The molecule has 34 heavy (non-hydrogen) atoms. The van der Waals surface area contributed by atoms with E-state index in [1.807, 2.05) is 38.1 Å². The Labute approximate surface area is 203 Å². The standard InChI is InChI=1S/C26H26FNO4S2/c1-17-7-11-19(12-8-17)33-25-15-24(21-5-3-4-6-23(21)27)28(16-22(25)26(29)30)34(31,32)20-13-9-18(2)10-14-20/h3-14,22,24-25H,15-16H2,1-2H3,(H,29,30)/t22-,24+,25-/m1/s1. The second-order valence-electron chi connectivity index (χ2n) is 8.57. The molecule has 0 saturated carbocycles. The number of rotatable bonds is 6. The summed E-state index contributed by atoms with van der Waals surface area (Å²) < 4.78 is 43.4. The quantitative estimate of drug-likeness (QED) is 0.489. The van der Waals surface area contributed by atoms with Gasteiger partial charge >= 0.3 is 5.97 Å². The van der Waals surface area contributed by atoms with Crippen LogP contribution in [0.5, 0.6) is 0 Å². The molecule has 0 aliphatic carbocycles. The van der Waals surface area contributed by atoms with Gasteiger partial charge in [-0.05, 0) is 50.6 Å². The molecule has 0 amide bonds. The molecule has 1 N–H and O–H groups in total. The molecule has 0 bridgehead atoms. The lowest BCUT2D eigenvalue weighted by Gasteiger charge is -2.41. The average molecular weight is 500 g/mol. The normalized spacial score (nSPS) is 21.3. The Balaban J connectivity index is 1.77. The Kier molecular flexibility index (Phi) is 7.12. The van der Waals surface area contributed by atoms with Crippen LogP contribution in [0.15, 0.2) is 82.6 Å². The lowest BCUT2D eigenvalue weighted by atomic mass is 9.90. The highest BCUT2D eigenvalue weighted by atomic mass is 32.2. The highest BCUT2D eigenvalue weighted by Gasteiger charge is 2.46. The molecule has 0 unspecified atom stereocenters. The van der Waals surface area contributed by atoms with Gasteiger partial charge in [0, 0.05) is 22.3 Å². The minimum atomic E-state index is -4.07. The lowest BCUT2D eigenvalue weighted by molar-refractivity contribution is -0.143. The van der Waals surface area contributed by atoms with Gasteiger partial charge in [0.25, 0.3) is 0 Å². The largest absolute Gasteiger partial charge is 0.481 e. The molecular weight excluding hydrogens is 473 g/mol. The number of carboxylic acid groups (broad SMARTS) is 1. The first-order chi connectivity index (χ1) is 16.2. The van der Waals surface area contributed by atoms with E-state index < -0.39 is 39.0 Å². The van der Waals surface area contributed by atoms with Gasteiger partial charge in [-0.2, -0.15) is 4.31 Å². The number of thioether (sulfide) groups is 1. The second kappa shape index (κ2) is 9.90. The zero-order valence-electron chi connectivity index (χ0n) is 18.9. The van der Waals surface area contributed by atoms with Crippen molar-refractivity contribution >= 4 is 27.8 Å². The van der Waals surface area contributed by atoms with E-state index in [9.17, 15) is 22.7 Å². The number of nitrogens with zero attached hydrogens (tertiary/aromatic N) is 1. The molecule has 3 aromatic carbocycles. The fourth-order valence-corrected chi connectivity index (χ4v) is 7.17. The van der Waals surface area contributed by atoms with Gasteiger partial charge in [-0.15, -0.1) is 11.8 Å². The molecule has 1 saturated heterocycles. The third-order valence-corrected chi connectivity index (χ3v) is 9.40. The SMILES string of the molecule is Cc1ccc(S[C@@H]2C[C@@H](c3ccccc3F)N(S(=O)(=O)c3ccc(C)cc3)C[C@H]2C(=O)O)cc1. The summed E-state index contributed by atoms with van der Waals surface area (Å²) in [4.78, 5) is 13.2. The molecule has 8 heteroatoms. The fourth-order valence-electron chi connectivity index (χ4n) is 4.24. The number of carbonyl (C=O) groups is 1. The summed E-state index contributed by atoms with van der Waals surface area (Å²) in [5, 5.41) is 9.59. The fraction of sp³-hybridized carbons (Fsp3) is 0.269. The zero-order chi connectivity index (χ0) is 24.5. The van der Waals surface area contributed by atoms with E-state index in [0.717, 1.165) is 16.0 Å². The Morgan fingerprint density at radius 3 is 2.15 bits per heavy atom. The third-order valence-electron chi connectivity index (χ3n) is 6.15. The van der Waals surface area contributed by atoms with Gasteiger partial charge in [-0.3, -0.25) is 4.79 Å². The van der Waals surface area contributed by atoms with Crippen molar-refractivity contribution in [2.45, 2.75) is 41.4 Å². The topological polar surface area (TPSA) is 74.7 Å². The Morgan fingerprint density at radius 1 is 0.971 bits per heavy atom. The number of carboxylic acids is 1. The van der Waals surface area contributed by atoms with Crippen LogP contribution < -0.4 is 0 Å². The summed E-state index contributed by atoms with van der Waals surface area (Å²) in [6.45, 7) is 3.58. The van der Waals surface area contributed by atoms with Crippen LogP contribution in [0.2, 0.25) is 0 Å². The molecule has 0 radical (unpaired) electrons. The number of aryl methyl sites for hydroxylation is 2. The molecule has 1 aliphatic rings. The van der Waals surface area contributed by atoms with E-state index in [-0.39, 0.29) is 23.4 Å². The van der Waals surface area contributed by atoms with E-state index in [4.69, 9.17) is 0 Å². The van der Waals surface area contributed by atoms with Crippen molar-refractivity contribution in [2.75, 3.05) is 6.54 Å². The summed E-state index contributed by atoms with van der Waals surface area (Å²) in [6.07, 6.45) is 0.168. The van der Waals surface area contributed by atoms with Crippen LogP contribution in [0, 0.1) is 25.6 Å². The van der Waals surface area contributed by atoms with Gasteiger partial charge < -0.3 is 5.11 Å². The second-order valence-corrected chi connectivity index (χ2v) is 11.8. The van der Waals surface area contributed by atoms with Crippen molar-refractivity contribution in [3.05, 3.63) is 95.3 Å². The van der Waals surface area contributed by atoms with E-state index in [1.165, 1.54) is 34.3 Å². The van der Waals surface area contributed by atoms with E-state index in [0.29, 0.717) is 0 Å². The summed E-state index contributed by atoms with van der Waals surface area (Å²) in [7, 11) is -4.07. The van der Waals surface area contributed by atoms with Gasteiger partial charge in [-0.25, -0.2) is 12.8 Å². The van der Waals surface area contributed by atoms with Gasteiger partial charge in [-0.1, -0.05) is 53.6 Å². The first-order valence-corrected chi connectivity index (χ1v) is 13.3. The molecular formula is C26H26FNO4S2. The lowest BCUT2D eigenvalue weighted by Crippen LogP contribution is -2.49. The molecule has 0 aromatic heterocycles.